The van der Waals surface area contributed by atoms with E-state index in [4.69, 9.17) is 0 Å². The molecule has 0 heterocycles. The van der Waals surface area contributed by atoms with E-state index in [0.717, 1.165) is 49.5 Å². The molecule has 0 unspecified atom stereocenters. The van der Waals surface area contributed by atoms with Crippen molar-refractivity contribution in [1.82, 2.24) is 0 Å². The van der Waals surface area contributed by atoms with Crippen LogP contribution >= 0.6 is 0 Å². The molecule has 8 heteroatoms. The number of hydrogen-bond acceptors (Lipinski definition) is 4. The summed E-state index contributed by atoms with van der Waals surface area (Å²) >= 11 is 0. The molecule has 1 saturated carbocycles. The van der Waals surface area contributed by atoms with Crippen molar-refractivity contribution in [2.24, 2.45) is 0 Å². The summed E-state index contributed by atoms with van der Waals surface area (Å²) in [5.74, 6) is -0.386. The number of aldehydes is 1. The second-order valence-corrected chi connectivity index (χ2v) is 8.43. The summed E-state index contributed by atoms with van der Waals surface area (Å²) in [6.45, 7) is 0. The average Bonchev–Trinajstić information content (AvgIpc) is 2.68. The quantitative estimate of drug-likeness (QED) is 0.395. The lowest BCUT2D eigenvalue weighted by atomic mass is 9.65. The number of hydrogen-bond donors (Lipinski definition) is 0. The molecule has 2 aromatic carbocycles. The van der Waals surface area contributed by atoms with Crippen molar-refractivity contribution in [3.05, 3.63) is 65.2 Å². The maximum Gasteiger partial charge on any atom is 0.534 e. The van der Waals surface area contributed by atoms with Crippen LogP contribution in [-0.4, -0.2) is 20.2 Å². The summed E-state index contributed by atoms with van der Waals surface area (Å²) in [6.07, 6.45) is 5.57. The van der Waals surface area contributed by atoms with E-state index < -0.39 is 15.6 Å². The van der Waals surface area contributed by atoms with Gasteiger partial charge in [0.25, 0.3) is 0 Å². The van der Waals surface area contributed by atoms with Crippen LogP contribution in [0.1, 0.15) is 53.6 Å². The molecule has 0 spiro atoms. The molecule has 0 saturated heterocycles. The van der Waals surface area contributed by atoms with E-state index in [1.165, 1.54) is 12.1 Å². The lowest BCUT2D eigenvalue weighted by Gasteiger charge is -2.38. The Morgan fingerprint density at radius 3 is 1.82 bits per heavy atom. The second kappa shape index (κ2) is 7.58. The minimum Gasteiger partial charge on any atom is -0.376 e. The van der Waals surface area contributed by atoms with Gasteiger partial charge in [-0.15, -0.1) is 0 Å². The van der Waals surface area contributed by atoms with Crippen LogP contribution in [0.15, 0.2) is 48.5 Å². The fourth-order valence-electron chi connectivity index (χ4n) is 3.78. The maximum absolute atomic E-state index is 12.5. The van der Waals surface area contributed by atoms with Gasteiger partial charge in [-0.2, -0.15) is 21.6 Å². The largest absolute Gasteiger partial charge is 0.534 e. The lowest BCUT2D eigenvalue weighted by molar-refractivity contribution is -0.0500. The zero-order valence-electron chi connectivity index (χ0n) is 14.9. The van der Waals surface area contributed by atoms with E-state index in [-0.39, 0.29) is 11.2 Å². The SMILES string of the molecule is O=Cc1ccc(C2(c3ccc(OS(=O)(=O)C(F)(F)F)cc3)CCCCC2)cc1. The van der Waals surface area contributed by atoms with Crippen molar-refractivity contribution in [1.29, 1.82) is 0 Å². The summed E-state index contributed by atoms with van der Waals surface area (Å²) in [7, 11) is -5.70. The van der Waals surface area contributed by atoms with Gasteiger partial charge >= 0.3 is 15.6 Å². The van der Waals surface area contributed by atoms with E-state index in [1.54, 1.807) is 24.3 Å². The number of carbonyl (C=O) groups excluding carboxylic acids is 1. The predicted molar refractivity (Wildman–Crippen MR) is 97.7 cm³/mol. The second-order valence-electron chi connectivity index (χ2n) is 6.89. The Balaban J connectivity index is 1.94. The molecule has 0 aromatic heterocycles. The standard InChI is InChI=1S/C20H19F3O4S/c21-20(22,23)28(25,26)27-18-10-8-17(9-11-18)19(12-2-1-3-13-19)16-6-4-15(14-24)5-7-16/h4-11,14H,1-3,12-13H2. The molecule has 3 rings (SSSR count). The van der Waals surface area contributed by atoms with E-state index in [9.17, 15) is 26.4 Å². The highest BCUT2D eigenvalue weighted by Gasteiger charge is 2.48. The van der Waals surface area contributed by atoms with Crippen molar-refractivity contribution in [3.8, 4) is 5.75 Å². The minimum atomic E-state index is -5.70. The number of rotatable bonds is 5. The lowest BCUT2D eigenvalue weighted by Crippen LogP contribution is -2.30. The third-order valence-corrected chi connectivity index (χ3v) is 6.18. The smallest absolute Gasteiger partial charge is 0.376 e. The van der Waals surface area contributed by atoms with Gasteiger partial charge in [-0.05, 0) is 36.1 Å². The van der Waals surface area contributed by atoms with Crippen LogP contribution in [0.25, 0.3) is 0 Å². The van der Waals surface area contributed by atoms with Gasteiger partial charge < -0.3 is 4.18 Å². The van der Waals surface area contributed by atoms with Crippen LogP contribution in [0, 0.1) is 0 Å². The minimum absolute atomic E-state index is 0.332. The zero-order chi connectivity index (χ0) is 20.4. The molecule has 150 valence electrons. The molecule has 0 aliphatic heterocycles. The van der Waals surface area contributed by atoms with Crippen LogP contribution in [0.4, 0.5) is 13.2 Å². The van der Waals surface area contributed by atoms with Gasteiger partial charge in [-0.25, -0.2) is 0 Å². The van der Waals surface area contributed by atoms with Gasteiger partial charge in [0.1, 0.15) is 12.0 Å². The third-order valence-electron chi connectivity index (χ3n) is 5.20. The molecule has 0 amide bonds. The molecule has 2 aromatic rings. The topological polar surface area (TPSA) is 60.4 Å². The van der Waals surface area contributed by atoms with Crippen LogP contribution in [-0.2, 0) is 15.5 Å². The van der Waals surface area contributed by atoms with Gasteiger partial charge in [0.05, 0.1) is 0 Å². The molecule has 1 aliphatic carbocycles. The number of alkyl halides is 3. The van der Waals surface area contributed by atoms with Crippen LogP contribution in [0.3, 0.4) is 0 Å². The van der Waals surface area contributed by atoms with Crippen molar-refractivity contribution >= 4 is 16.4 Å². The summed E-state index contributed by atoms with van der Waals surface area (Å²) in [5, 5.41) is 0. The molecular weight excluding hydrogens is 393 g/mol. The first-order chi connectivity index (χ1) is 13.2. The molecular formula is C20H19F3O4S. The van der Waals surface area contributed by atoms with Crippen molar-refractivity contribution in [2.45, 2.75) is 43.0 Å². The summed E-state index contributed by atoms with van der Waals surface area (Å²) in [6, 6.07) is 13.0. The molecule has 0 atom stereocenters. The number of halogens is 3. The van der Waals surface area contributed by atoms with Crippen LogP contribution in [0.5, 0.6) is 5.75 Å². The molecule has 0 radical (unpaired) electrons. The Morgan fingerprint density at radius 1 is 0.857 bits per heavy atom. The van der Waals surface area contributed by atoms with Crippen LogP contribution in [0.2, 0.25) is 0 Å². The van der Waals surface area contributed by atoms with Crippen molar-refractivity contribution in [3.63, 3.8) is 0 Å². The van der Waals surface area contributed by atoms with E-state index in [2.05, 4.69) is 4.18 Å². The van der Waals surface area contributed by atoms with Gasteiger partial charge in [-0.3, -0.25) is 4.79 Å². The van der Waals surface area contributed by atoms with E-state index in [1.807, 2.05) is 12.1 Å². The van der Waals surface area contributed by atoms with E-state index in [0.29, 0.717) is 5.56 Å². The third kappa shape index (κ3) is 3.92. The molecule has 4 nitrogen and oxygen atoms in total. The Hall–Kier alpha value is -2.35. The maximum atomic E-state index is 12.5. The van der Waals surface area contributed by atoms with Crippen molar-refractivity contribution < 1.29 is 30.6 Å². The average molecular weight is 412 g/mol. The Kier molecular flexibility index (Phi) is 5.52. The first-order valence-corrected chi connectivity index (χ1v) is 10.3. The molecule has 28 heavy (non-hydrogen) atoms. The fourth-order valence-corrected chi connectivity index (χ4v) is 4.24. The molecule has 1 aliphatic rings. The van der Waals surface area contributed by atoms with E-state index >= 15 is 0 Å². The van der Waals surface area contributed by atoms with Gasteiger partial charge in [-0.1, -0.05) is 55.7 Å². The zero-order valence-corrected chi connectivity index (χ0v) is 15.7. The summed E-state index contributed by atoms with van der Waals surface area (Å²) in [4.78, 5) is 10.9. The molecule has 0 N–H and O–H groups in total. The molecule has 0 bridgehead atoms. The Labute approximate surface area is 161 Å². The summed E-state index contributed by atoms with van der Waals surface area (Å²) in [5.41, 5.74) is -3.34. The highest BCUT2D eigenvalue weighted by Crippen LogP contribution is 2.45. The first kappa shape index (κ1) is 20.4. The number of benzene rings is 2. The molecule has 1 fully saturated rings. The van der Waals surface area contributed by atoms with Crippen LogP contribution < -0.4 is 4.18 Å². The Bertz CT molecular complexity index is 927. The number of carbonyl (C=O) groups is 1. The van der Waals surface area contributed by atoms with Gasteiger partial charge in [0.15, 0.2) is 0 Å². The summed E-state index contributed by atoms with van der Waals surface area (Å²) < 4.78 is 64.0. The van der Waals surface area contributed by atoms with Gasteiger partial charge in [0.2, 0.25) is 0 Å². The monoisotopic (exact) mass is 412 g/mol. The fraction of sp³-hybridized carbons (Fsp3) is 0.350. The first-order valence-electron chi connectivity index (χ1n) is 8.85. The predicted octanol–water partition coefficient (Wildman–Crippen LogP) is 4.98. The normalized spacial score (nSPS) is 17.1. The van der Waals surface area contributed by atoms with Gasteiger partial charge in [0, 0.05) is 11.0 Å². The van der Waals surface area contributed by atoms with Crippen molar-refractivity contribution in [2.75, 3.05) is 0 Å². The highest BCUT2D eigenvalue weighted by atomic mass is 32.2. The highest BCUT2D eigenvalue weighted by molar-refractivity contribution is 7.88. The Morgan fingerprint density at radius 2 is 1.36 bits per heavy atom.